The molecule has 8 nitrogen and oxygen atoms in total. The number of nitrogens with zero attached hydrogens (tertiary/aromatic N) is 2. The molecule has 1 aromatic heterocycles. The quantitative estimate of drug-likeness (QED) is 0.567. The van der Waals surface area contributed by atoms with Crippen molar-refractivity contribution < 1.29 is 22.7 Å². The third-order valence-electron chi connectivity index (χ3n) is 5.90. The van der Waals surface area contributed by atoms with Gasteiger partial charge in [-0.05, 0) is 30.9 Å². The molecule has 0 spiro atoms. The Morgan fingerprint density at radius 2 is 2.03 bits per heavy atom. The number of likely N-dealkylation sites (tertiary alicyclic amines) is 1. The molecule has 0 radical (unpaired) electrons. The van der Waals surface area contributed by atoms with Gasteiger partial charge in [-0.25, -0.2) is 13.1 Å². The summed E-state index contributed by atoms with van der Waals surface area (Å²) in [7, 11) is -3.65. The van der Waals surface area contributed by atoms with E-state index in [1.165, 1.54) is 11.3 Å². The summed E-state index contributed by atoms with van der Waals surface area (Å²) in [5.74, 6) is -0.549. The monoisotopic (exact) mass is 491 g/mol. The first-order valence-electron chi connectivity index (χ1n) is 10.6. The molecule has 3 rings (SSSR count). The van der Waals surface area contributed by atoms with E-state index >= 15 is 0 Å². The number of amides is 2. The average molecular weight is 492 g/mol. The normalized spacial score (nSPS) is 22.0. The third-order valence-corrected chi connectivity index (χ3v) is 8.58. The van der Waals surface area contributed by atoms with E-state index in [2.05, 4.69) is 4.72 Å². The van der Waals surface area contributed by atoms with Crippen LogP contribution in [0.15, 0.2) is 12.1 Å². The van der Waals surface area contributed by atoms with E-state index in [1.807, 2.05) is 13.8 Å². The van der Waals surface area contributed by atoms with Crippen LogP contribution in [0.2, 0.25) is 4.34 Å². The Labute approximate surface area is 192 Å². The highest BCUT2D eigenvalue weighted by Crippen LogP contribution is 2.25. The molecule has 2 amide bonds. The molecule has 2 aliphatic rings. The lowest BCUT2D eigenvalue weighted by molar-refractivity contribution is -0.149. The molecule has 2 fully saturated rings. The fourth-order valence-corrected chi connectivity index (χ4v) is 6.44. The third kappa shape index (κ3) is 6.19. The molecule has 0 bridgehead atoms. The van der Waals surface area contributed by atoms with Crippen LogP contribution < -0.4 is 4.72 Å². The maximum Gasteiger partial charge on any atom is 0.245 e. The first-order chi connectivity index (χ1) is 14.7. The van der Waals surface area contributed by atoms with Crippen LogP contribution in [0.1, 0.15) is 31.6 Å². The van der Waals surface area contributed by atoms with Gasteiger partial charge in [0.1, 0.15) is 12.1 Å². The predicted molar refractivity (Wildman–Crippen MR) is 121 cm³/mol. The smallest absolute Gasteiger partial charge is 0.245 e. The second kappa shape index (κ2) is 10.6. The number of halogens is 1. The minimum Gasteiger partial charge on any atom is -0.378 e. The summed E-state index contributed by atoms with van der Waals surface area (Å²) in [4.78, 5) is 30.5. The summed E-state index contributed by atoms with van der Waals surface area (Å²) < 4.78 is 33.6. The zero-order valence-corrected chi connectivity index (χ0v) is 20.3. The molecular weight excluding hydrogens is 462 g/mol. The van der Waals surface area contributed by atoms with Crippen LogP contribution in [0.3, 0.4) is 0 Å². The fourth-order valence-electron chi connectivity index (χ4n) is 3.96. The number of hydrogen-bond donors (Lipinski definition) is 1. The van der Waals surface area contributed by atoms with Gasteiger partial charge in [-0.1, -0.05) is 31.9 Å². The van der Waals surface area contributed by atoms with Crippen molar-refractivity contribution in [2.24, 2.45) is 5.92 Å². The lowest BCUT2D eigenvalue weighted by Gasteiger charge is -2.37. The molecule has 2 aliphatic heterocycles. The van der Waals surface area contributed by atoms with Gasteiger partial charge in [0.2, 0.25) is 21.8 Å². The minimum atomic E-state index is -3.65. The lowest BCUT2D eigenvalue weighted by atomic mass is 9.96. The average Bonchev–Trinajstić information content (AvgIpc) is 3.33. The Morgan fingerprint density at radius 3 is 2.65 bits per heavy atom. The summed E-state index contributed by atoms with van der Waals surface area (Å²) in [6.45, 7) is 6.31. The van der Waals surface area contributed by atoms with Gasteiger partial charge in [-0.15, -0.1) is 11.3 Å². The Bertz CT molecular complexity index is 885. The van der Waals surface area contributed by atoms with E-state index in [4.69, 9.17) is 16.3 Å². The van der Waals surface area contributed by atoms with Gasteiger partial charge in [0.15, 0.2) is 0 Å². The molecular formula is C20H30ClN3O5S2. The van der Waals surface area contributed by atoms with Crippen LogP contribution in [0.5, 0.6) is 0 Å². The van der Waals surface area contributed by atoms with Crippen molar-refractivity contribution >= 4 is 44.8 Å². The molecule has 174 valence electrons. The maximum absolute atomic E-state index is 13.2. The topological polar surface area (TPSA) is 96.0 Å². The maximum atomic E-state index is 13.2. The molecule has 0 unspecified atom stereocenters. The summed E-state index contributed by atoms with van der Waals surface area (Å²) >= 11 is 7.24. The van der Waals surface area contributed by atoms with Gasteiger partial charge in [0, 0.05) is 24.5 Å². The molecule has 11 heteroatoms. The zero-order chi connectivity index (χ0) is 22.6. The molecule has 0 aromatic carbocycles. The molecule has 0 aliphatic carbocycles. The van der Waals surface area contributed by atoms with Crippen molar-refractivity contribution in [1.82, 2.24) is 14.5 Å². The van der Waals surface area contributed by atoms with Gasteiger partial charge in [-0.2, -0.15) is 0 Å². The Kier molecular flexibility index (Phi) is 8.37. The Balaban J connectivity index is 1.64. The van der Waals surface area contributed by atoms with Gasteiger partial charge in [0.05, 0.1) is 23.3 Å². The van der Waals surface area contributed by atoms with Crippen LogP contribution in [0, 0.1) is 5.92 Å². The van der Waals surface area contributed by atoms with E-state index in [-0.39, 0.29) is 23.5 Å². The molecule has 2 saturated heterocycles. The number of thiophene rings is 1. The molecule has 1 aromatic rings. The molecule has 31 heavy (non-hydrogen) atoms. The van der Waals surface area contributed by atoms with E-state index in [0.29, 0.717) is 50.0 Å². The highest BCUT2D eigenvalue weighted by Gasteiger charge is 2.43. The van der Waals surface area contributed by atoms with Crippen LogP contribution in [-0.2, 0) is 30.8 Å². The summed E-state index contributed by atoms with van der Waals surface area (Å²) in [6, 6.07) is 2.12. The minimum absolute atomic E-state index is 0.0294. The van der Waals surface area contributed by atoms with Crippen molar-refractivity contribution in [1.29, 1.82) is 0 Å². The fraction of sp³-hybridized carbons (Fsp3) is 0.700. The number of carbonyl (C=O) groups is 2. The second-order valence-corrected chi connectivity index (χ2v) is 11.7. The highest BCUT2D eigenvalue weighted by molar-refractivity contribution is 7.89. The largest absolute Gasteiger partial charge is 0.378 e. The molecule has 3 heterocycles. The first kappa shape index (κ1) is 24.4. The Hall–Kier alpha value is -1.20. The van der Waals surface area contributed by atoms with Crippen molar-refractivity contribution in [3.8, 4) is 0 Å². The number of morpholine rings is 1. The summed E-state index contributed by atoms with van der Waals surface area (Å²) in [5.41, 5.74) is 0. The van der Waals surface area contributed by atoms with Gasteiger partial charge in [0.25, 0.3) is 0 Å². The van der Waals surface area contributed by atoms with E-state index < -0.39 is 22.1 Å². The number of ether oxygens (including phenoxy) is 1. The van der Waals surface area contributed by atoms with Gasteiger partial charge >= 0.3 is 0 Å². The highest BCUT2D eigenvalue weighted by atomic mass is 35.5. The van der Waals surface area contributed by atoms with Gasteiger partial charge in [-0.3, -0.25) is 9.59 Å². The lowest BCUT2D eigenvalue weighted by Crippen LogP contribution is -2.56. The molecule has 3 atom stereocenters. The van der Waals surface area contributed by atoms with E-state index in [1.54, 1.807) is 21.9 Å². The number of rotatable bonds is 9. The number of nitrogens with one attached hydrogen (secondary N) is 1. The standard InChI is InChI=1S/C20H30ClN3O5S2/c1-3-14(2)18(20(26)23-9-11-29-12-10-23)24-8-6-16(19(24)25)22-31(27,28)13-7-15-4-5-17(21)30-15/h4-5,14,16,18,22H,3,6-13H2,1-2H3/t14-,16-,18-/m0/s1. The van der Waals surface area contributed by atoms with Crippen LogP contribution in [-0.4, -0.2) is 80.7 Å². The molecule has 0 saturated carbocycles. The molecule has 1 N–H and O–H groups in total. The van der Waals surface area contributed by atoms with Crippen LogP contribution in [0.25, 0.3) is 0 Å². The SMILES string of the molecule is CC[C@H](C)[C@@H](C(=O)N1CCOCC1)N1CC[C@H](NS(=O)(=O)CCc2ccc(Cl)s2)C1=O. The van der Waals surface area contributed by atoms with Crippen molar-refractivity contribution in [3.63, 3.8) is 0 Å². The second-order valence-electron chi connectivity index (χ2n) is 8.03. The van der Waals surface area contributed by atoms with E-state index in [9.17, 15) is 18.0 Å². The van der Waals surface area contributed by atoms with E-state index in [0.717, 1.165) is 11.3 Å². The number of hydrogen-bond acceptors (Lipinski definition) is 6. The van der Waals surface area contributed by atoms with Crippen molar-refractivity contribution in [2.45, 2.75) is 45.2 Å². The number of aryl methyl sites for hydroxylation is 1. The van der Waals surface area contributed by atoms with Crippen molar-refractivity contribution in [3.05, 3.63) is 21.3 Å². The van der Waals surface area contributed by atoms with Gasteiger partial charge < -0.3 is 14.5 Å². The van der Waals surface area contributed by atoms with Crippen LogP contribution in [0.4, 0.5) is 0 Å². The summed E-state index contributed by atoms with van der Waals surface area (Å²) in [5, 5.41) is 0. The first-order valence-corrected chi connectivity index (χ1v) is 13.5. The number of sulfonamides is 1. The number of carbonyl (C=O) groups excluding carboxylic acids is 2. The van der Waals surface area contributed by atoms with Crippen LogP contribution >= 0.6 is 22.9 Å². The summed E-state index contributed by atoms with van der Waals surface area (Å²) in [6.07, 6.45) is 1.43. The van der Waals surface area contributed by atoms with Crippen molar-refractivity contribution in [2.75, 3.05) is 38.6 Å². The Morgan fingerprint density at radius 1 is 1.32 bits per heavy atom. The predicted octanol–water partition coefficient (Wildman–Crippen LogP) is 1.74. The zero-order valence-electron chi connectivity index (χ0n) is 17.9.